The first-order chi connectivity index (χ1) is 15.7. The molecule has 3 aliphatic carbocycles. The van der Waals surface area contributed by atoms with Crippen molar-refractivity contribution in [1.82, 2.24) is 14.8 Å². The normalized spacial score (nSPS) is 31.0. The fraction of sp³-hybridized carbons (Fsp3) is 0.519. The molecule has 1 aromatic carbocycles. The van der Waals surface area contributed by atoms with E-state index in [1.807, 2.05) is 31.6 Å². The lowest BCUT2D eigenvalue weighted by Crippen LogP contribution is -2.50. The number of aryl methyl sites for hydroxylation is 1. The first-order valence-corrected chi connectivity index (χ1v) is 12.1. The van der Waals surface area contributed by atoms with Crippen LogP contribution in [0, 0.1) is 29.1 Å². The van der Waals surface area contributed by atoms with Crippen molar-refractivity contribution >= 4 is 16.7 Å². The first-order valence-electron chi connectivity index (χ1n) is 12.1. The zero-order chi connectivity index (χ0) is 22.8. The largest absolute Gasteiger partial charge is 0.390 e. The Labute approximate surface area is 193 Å². The molecule has 168 valence electrons. The van der Waals surface area contributed by atoms with Gasteiger partial charge in [-0.3, -0.25) is 0 Å². The lowest BCUT2D eigenvalue weighted by molar-refractivity contribution is -0.0754. The molecule has 3 saturated carbocycles. The van der Waals surface area contributed by atoms with Gasteiger partial charge in [0.05, 0.1) is 34.5 Å². The molecule has 1 atom stereocenters. The molecule has 33 heavy (non-hydrogen) atoms. The van der Waals surface area contributed by atoms with Crippen LogP contribution in [0.25, 0.3) is 16.6 Å². The predicted molar refractivity (Wildman–Crippen MR) is 126 cm³/mol. The van der Waals surface area contributed by atoms with E-state index in [4.69, 9.17) is 10.1 Å². The number of benzene rings is 1. The van der Waals surface area contributed by atoms with Crippen molar-refractivity contribution in [2.24, 2.45) is 10.8 Å². The van der Waals surface area contributed by atoms with Crippen LogP contribution >= 0.6 is 0 Å². The van der Waals surface area contributed by atoms with E-state index in [0.717, 1.165) is 59.5 Å². The minimum Gasteiger partial charge on any atom is -0.390 e. The second-order valence-corrected chi connectivity index (χ2v) is 11.7. The highest BCUT2D eigenvalue weighted by Gasteiger charge is 2.75. The zero-order valence-corrected chi connectivity index (χ0v) is 19.5. The molecular weight excluding hydrogens is 410 g/mol. The van der Waals surface area contributed by atoms with E-state index >= 15 is 0 Å². The summed E-state index contributed by atoms with van der Waals surface area (Å²) in [6, 6.07) is 13.7. The van der Waals surface area contributed by atoms with Crippen LogP contribution in [0.1, 0.15) is 57.2 Å². The molecule has 6 heteroatoms. The molecule has 4 heterocycles. The first kappa shape index (κ1) is 19.5. The number of aliphatic hydroxyl groups is 1. The third kappa shape index (κ3) is 2.41. The molecule has 2 aromatic heterocycles. The van der Waals surface area contributed by atoms with Gasteiger partial charge in [0, 0.05) is 35.1 Å². The zero-order valence-electron chi connectivity index (χ0n) is 19.5. The van der Waals surface area contributed by atoms with Gasteiger partial charge in [0.2, 0.25) is 0 Å². The predicted octanol–water partition coefficient (Wildman–Crippen LogP) is 4.41. The number of hydrogen-bond donors (Lipinski definition) is 1. The summed E-state index contributed by atoms with van der Waals surface area (Å²) in [6.07, 6.45) is 7.29. The van der Waals surface area contributed by atoms with Crippen LogP contribution in [0.3, 0.4) is 0 Å². The lowest BCUT2D eigenvalue weighted by Gasteiger charge is -2.45. The molecule has 0 amide bonds. The minimum absolute atomic E-state index is 0.0365. The summed E-state index contributed by atoms with van der Waals surface area (Å²) in [5.74, 6) is 0.964. The van der Waals surface area contributed by atoms with E-state index in [9.17, 15) is 10.4 Å². The van der Waals surface area contributed by atoms with Crippen LogP contribution in [0.15, 0.2) is 36.5 Å². The van der Waals surface area contributed by atoms with Crippen molar-refractivity contribution in [2.45, 2.75) is 69.9 Å². The molecule has 0 unspecified atom stereocenters. The van der Waals surface area contributed by atoms with E-state index in [1.54, 1.807) is 0 Å². The summed E-state index contributed by atoms with van der Waals surface area (Å²) in [4.78, 5) is 7.24. The number of fused-ring (bicyclic) bond motifs is 2. The molecule has 5 fully saturated rings. The van der Waals surface area contributed by atoms with Crippen molar-refractivity contribution in [2.75, 3.05) is 11.4 Å². The molecule has 2 aliphatic heterocycles. The maximum atomic E-state index is 10.7. The second-order valence-electron chi connectivity index (χ2n) is 11.7. The summed E-state index contributed by atoms with van der Waals surface area (Å²) in [5.41, 5.74) is 3.34. The highest BCUT2D eigenvalue weighted by atomic mass is 16.3. The third-order valence-corrected chi connectivity index (χ3v) is 9.42. The quantitative estimate of drug-likeness (QED) is 0.651. The fourth-order valence-corrected chi connectivity index (χ4v) is 6.85. The monoisotopic (exact) mass is 439 g/mol. The number of aromatic nitrogens is 3. The number of hydrogen-bond acceptors (Lipinski definition) is 5. The van der Waals surface area contributed by atoms with Gasteiger partial charge in [-0.2, -0.15) is 10.4 Å². The maximum Gasteiger partial charge on any atom is 0.131 e. The van der Waals surface area contributed by atoms with Crippen LogP contribution in [-0.4, -0.2) is 38.1 Å². The Morgan fingerprint density at radius 3 is 2.61 bits per heavy atom. The standard InChI is InChI=1S/C27H29N5O/c1-17-8-20(10-23(30-17)31-16-26(24(2,3)33)11-21(31)12-26)32-22-9-19(5-4-18(22)13-29-32)27(15-28)14-25(27)6-7-25/h4-5,8-10,13,21,33H,6-7,11-12,14,16H2,1-3H3/t21?,26?,27-/m1/s1. The Hall–Kier alpha value is -2.91. The Kier molecular flexibility index (Phi) is 3.42. The van der Waals surface area contributed by atoms with Crippen LogP contribution in [0.4, 0.5) is 5.82 Å². The number of nitrogens with zero attached hydrogens (tertiary/aromatic N) is 5. The fourth-order valence-electron chi connectivity index (χ4n) is 6.85. The van der Waals surface area contributed by atoms with Crippen molar-refractivity contribution in [3.63, 3.8) is 0 Å². The van der Waals surface area contributed by atoms with E-state index in [-0.39, 0.29) is 16.2 Å². The van der Waals surface area contributed by atoms with Crippen LogP contribution in [-0.2, 0) is 5.41 Å². The topological polar surface area (TPSA) is 78.0 Å². The molecule has 0 radical (unpaired) electrons. The Morgan fingerprint density at radius 1 is 1.18 bits per heavy atom. The summed E-state index contributed by atoms with van der Waals surface area (Å²) in [7, 11) is 0. The molecule has 5 aliphatic rings. The van der Waals surface area contributed by atoms with E-state index in [0.29, 0.717) is 6.04 Å². The van der Waals surface area contributed by atoms with E-state index < -0.39 is 5.60 Å². The van der Waals surface area contributed by atoms with Gasteiger partial charge < -0.3 is 10.0 Å². The Bertz CT molecular complexity index is 1370. The van der Waals surface area contributed by atoms with Gasteiger partial charge in [0.25, 0.3) is 0 Å². The number of pyridine rings is 1. The third-order valence-electron chi connectivity index (χ3n) is 9.42. The molecule has 6 nitrogen and oxygen atoms in total. The maximum absolute atomic E-state index is 10.7. The number of rotatable bonds is 4. The second kappa shape index (κ2) is 5.77. The van der Waals surface area contributed by atoms with Crippen molar-refractivity contribution in [1.29, 1.82) is 5.26 Å². The SMILES string of the molecule is Cc1cc(-n2ncc3ccc([C@]4(C#N)CC45CC5)cc32)cc(N2CC3(C(C)(C)O)CC2C3)n1. The lowest BCUT2D eigenvalue weighted by atomic mass is 9.61. The molecule has 2 bridgehead atoms. The summed E-state index contributed by atoms with van der Waals surface area (Å²) >= 11 is 0. The Morgan fingerprint density at radius 2 is 1.97 bits per heavy atom. The van der Waals surface area contributed by atoms with Crippen LogP contribution in [0.5, 0.6) is 0 Å². The van der Waals surface area contributed by atoms with Gasteiger partial charge in [0.1, 0.15) is 5.82 Å². The highest BCUT2D eigenvalue weighted by molar-refractivity contribution is 5.82. The minimum atomic E-state index is -0.683. The summed E-state index contributed by atoms with van der Waals surface area (Å²) in [5, 5.41) is 26.5. The molecule has 8 rings (SSSR count). The van der Waals surface area contributed by atoms with Gasteiger partial charge in [-0.1, -0.05) is 12.1 Å². The van der Waals surface area contributed by atoms with Crippen molar-refractivity contribution < 1.29 is 5.11 Å². The van der Waals surface area contributed by atoms with Gasteiger partial charge >= 0.3 is 0 Å². The van der Waals surface area contributed by atoms with Gasteiger partial charge in [-0.05, 0) is 76.0 Å². The highest BCUT2D eigenvalue weighted by Crippen LogP contribution is 2.78. The average molecular weight is 440 g/mol. The number of nitriles is 1. The van der Waals surface area contributed by atoms with Crippen LogP contribution < -0.4 is 4.90 Å². The Balaban J connectivity index is 1.28. The number of anilines is 1. The van der Waals surface area contributed by atoms with Crippen molar-refractivity contribution in [3.8, 4) is 11.8 Å². The van der Waals surface area contributed by atoms with E-state index in [2.05, 4.69) is 41.3 Å². The molecule has 2 saturated heterocycles. The summed E-state index contributed by atoms with van der Waals surface area (Å²) in [6.45, 7) is 6.75. The van der Waals surface area contributed by atoms with Crippen LogP contribution in [0.2, 0.25) is 0 Å². The smallest absolute Gasteiger partial charge is 0.131 e. The van der Waals surface area contributed by atoms with Gasteiger partial charge in [-0.15, -0.1) is 0 Å². The van der Waals surface area contributed by atoms with Crippen molar-refractivity contribution in [3.05, 3.63) is 47.8 Å². The summed E-state index contributed by atoms with van der Waals surface area (Å²) < 4.78 is 2.00. The van der Waals surface area contributed by atoms with E-state index in [1.165, 1.54) is 12.8 Å². The van der Waals surface area contributed by atoms with Gasteiger partial charge in [0.15, 0.2) is 0 Å². The molecule has 3 aromatic rings. The molecule has 1 N–H and O–H groups in total. The molecule has 1 spiro atoms. The average Bonchev–Trinajstić information content (AvgIpc) is 3.43. The molecular formula is C27H29N5O. The van der Waals surface area contributed by atoms with Gasteiger partial charge in [-0.25, -0.2) is 9.67 Å².